The van der Waals surface area contributed by atoms with Gasteiger partial charge in [0.1, 0.15) is 12.2 Å². The van der Waals surface area contributed by atoms with Gasteiger partial charge in [0.25, 0.3) is 0 Å². The summed E-state index contributed by atoms with van der Waals surface area (Å²) >= 11 is 0. The van der Waals surface area contributed by atoms with Crippen LogP contribution in [0.1, 0.15) is 39.4 Å². The summed E-state index contributed by atoms with van der Waals surface area (Å²) in [5.74, 6) is 1.27. The summed E-state index contributed by atoms with van der Waals surface area (Å²) in [5.41, 5.74) is -0.493. The molecule has 0 bridgehead atoms. The first kappa shape index (κ1) is 15.1. The molecule has 18 heavy (non-hydrogen) atoms. The molecule has 1 aromatic heterocycles. The second-order valence-corrected chi connectivity index (χ2v) is 5.49. The molecule has 0 amide bonds. The van der Waals surface area contributed by atoms with Gasteiger partial charge in [-0.05, 0) is 18.8 Å². The second kappa shape index (κ2) is 6.85. The molecule has 2 N–H and O–H groups in total. The number of nitrogens with zero attached hydrogens (tertiary/aromatic N) is 3. The van der Waals surface area contributed by atoms with Crippen molar-refractivity contribution < 1.29 is 10.2 Å². The Morgan fingerprint density at radius 1 is 1.33 bits per heavy atom. The van der Waals surface area contributed by atoms with E-state index in [1.54, 1.807) is 6.33 Å². The van der Waals surface area contributed by atoms with Gasteiger partial charge in [0.2, 0.25) is 0 Å². The molecule has 0 aliphatic heterocycles. The summed E-state index contributed by atoms with van der Waals surface area (Å²) in [7, 11) is 0. The van der Waals surface area contributed by atoms with Crippen molar-refractivity contribution in [2.75, 3.05) is 13.2 Å². The van der Waals surface area contributed by atoms with E-state index in [4.69, 9.17) is 0 Å². The van der Waals surface area contributed by atoms with Crippen molar-refractivity contribution in [1.29, 1.82) is 0 Å². The number of hydrogen-bond acceptors (Lipinski definition) is 4. The van der Waals surface area contributed by atoms with Crippen molar-refractivity contribution in [3.05, 3.63) is 12.2 Å². The van der Waals surface area contributed by atoms with Crippen LogP contribution >= 0.6 is 0 Å². The van der Waals surface area contributed by atoms with Crippen LogP contribution in [0.15, 0.2) is 6.33 Å². The molecular weight excluding hydrogens is 230 g/mol. The van der Waals surface area contributed by atoms with E-state index in [1.807, 2.05) is 4.68 Å². The minimum absolute atomic E-state index is 0.0271. The SMILES string of the molecule is CCCn1ncnc1CC(CO)(CO)CC(C)C. The van der Waals surface area contributed by atoms with Gasteiger partial charge in [0.15, 0.2) is 0 Å². The molecule has 0 spiro atoms. The number of rotatable bonds is 8. The molecule has 0 saturated carbocycles. The smallest absolute Gasteiger partial charge is 0.138 e. The van der Waals surface area contributed by atoms with E-state index in [0.29, 0.717) is 12.3 Å². The minimum atomic E-state index is -0.493. The van der Waals surface area contributed by atoms with Crippen LogP contribution in [0.2, 0.25) is 0 Å². The molecular formula is C13H25N3O2. The number of aromatic nitrogens is 3. The first-order valence-electron chi connectivity index (χ1n) is 6.65. The van der Waals surface area contributed by atoms with Gasteiger partial charge >= 0.3 is 0 Å². The number of aryl methyl sites for hydroxylation is 1. The van der Waals surface area contributed by atoms with Crippen LogP contribution in [0.4, 0.5) is 0 Å². The highest BCUT2D eigenvalue weighted by Crippen LogP contribution is 2.29. The van der Waals surface area contributed by atoms with Crippen molar-refractivity contribution in [3.8, 4) is 0 Å². The molecule has 1 aromatic rings. The number of aliphatic hydroxyl groups excluding tert-OH is 2. The zero-order chi connectivity index (χ0) is 13.6. The van der Waals surface area contributed by atoms with E-state index >= 15 is 0 Å². The second-order valence-electron chi connectivity index (χ2n) is 5.49. The maximum Gasteiger partial charge on any atom is 0.138 e. The molecule has 0 fully saturated rings. The van der Waals surface area contributed by atoms with E-state index in [-0.39, 0.29) is 13.2 Å². The fraction of sp³-hybridized carbons (Fsp3) is 0.846. The first-order chi connectivity index (χ1) is 8.56. The van der Waals surface area contributed by atoms with Crippen molar-refractivity contribution in [2.45, 2.75) is 46.6 Å². The van der Waals surface area contributed by atoms with Gasteiger partial charge in [-0.3, -0.25) is 4.68 Å². The van der Waals surface area contributed by atoms with E-state index in [1.165, 1.54) is 0 Å². The fourth-order valence-corrected chi connectivity index (χ4v) is 2.39. The normalized spacial score (nSPS) is 12.3. The van der Waals surface area contributed by atoms with Gasteiger partial charge in [-0.2, -0.15) is 5.10 Å². The molecule has 0 aliphatic rings. The molecule has 0 aromatic carbocycles. The summed E-state index contributed by atoms with van der Waals surface area (Å²) in [6, 6.07) is 0. The van der Waals surface area contributed by atoms with Gasteiger partial charge in [-0.25, -0.2) is 4.98 Å². The van der Waals surface area contributed by atoms with Crippen molar-refractivity contribution >= 4 is 0 Å². The lowest BCUT2D eigenvalue weighted by atomic mass is 9.78. The van der Waals surface area contributed by atoms with Crippen LogP contribution in [-0.2, 0) is 13.0 Å². The molecule has 5 heteroatoms. The third-order valence-electron chi connectivity index (χ3n) is 3.18. The van der Waals surface area contributed by atoms with Crippen molar-refractivity contribution in [1.82, 2.24) is 14.8 Å². The van der Waals surface area contributed by atoms with Crippen molar-refractivity contribution in [2.24, 2.45) is 11.3 Å². The van der Waals surface area contributed by atoms with Gasteiger partial charge in [0.05, 0.1) is 13.2 Å². The Balaban J connectivity index is 2.85. The molecule has 0 atom stereocenters. The molecule has 5 nitrogen and oxygen atoms in total. The Morgan fingerprint density at radius 3 is 2.50 bits per heavy atom. The fourth-order valence-electron chi connectivity index (χ4n) is 2.39. The molecule has 0 aliphatic carbocycles. The van der Waals surface area contributed by atoms with E-state index < -0.39 is 5.41 Å². The highest BCUT2D eigenvalue weighted by atomic mass is 16.3. The first-order valence-corrected chi connectivity index (χ1v) is 6.65. The average molecular weight is 255 g/mol. The maximum atomic E-state index is 9.63. The van der Waals surface area contributed by atoms with Gasteiger partial charge in [-0.15, -0.1) is 0 Å². The predicted octanol–water partition coefficient (Wildman–Crippen LogP) is 1.25. The predicted molar refractivity (Wildman–Crippen MR) is 70.1 cm³/mol. The van der Waals surface area contributed by atoms with Crippen LogP contribution in [0.25, 0.3) is 0 Å². The Bertz CT molecular complexity index is 346. The Kier molecular flexibility index (Phi) is 5.75. The molecule has 0 unspecified atom stereocenters. The molecule has 0 saturated heterocycles. The lowest BCUT2D eigenvalue weighted by Crippen LogP contribution is -2.35. The van der Waals surface area contributed by atoms with Gasteiger partial charge in [0, 0.05) is 18.4 Å². The van der Waals surface area contributed by atoms with E-state index in [9.17, 15) is 10.2 Å². The average Bonchev–Trinajstić information content (AvgIpc) is 2.75. The van der Waals surface area contributed by atoms with Crippen molar-refractivity contribution in [3.63, 3.8) is 0 Å². The monoisotopic (exact) mass is 255 g/mol. The lowest BCUT2D eigenvalue weighted by Gasteiger charge is -2.31. The number of aliphatic hydroxyl groups is 2. The highest BCUT2D eigenvalue weighted by Gasteiger charge is 2.31. The van der Waals surface area contributed by atoms with Crippen LogP contribution in [0.5, 0.6) is 0 Å². The lowest BCUT2D eigenvalue weighted by molar-refractivity contribution is 0.0345. The van der Waals surface area contributed by atoms with Gasteiger partial charge in [-0.1, -0.05) is 20.8 Å². The summed E-state index contributed by atoms with van der Waals surface area (Å²) in [6.45, 7) is 7.05. The highest BCUT2D eigenvalue weighted by molar-refractivity contribution is 4.94. The largest absolute Gasteiger partial charge is 0.396 e. The third-order valence-corrected chi connectivity index (χ3v) is 3.18. The van der Waals surface area contributed by atoms with E-state index in [2.05, 4.69) is 30.9 Å². The zero-order valence-electron chi connectivity index (χ0n) is 11.6. The summed E-state index contributed by atoms with van der Waals surface area (Å²) in [4.78, 5) is 4.25. The van der Waals surface area contributed by atoms with Gasteiger partial charge < -0.3 is 10.2 Å². The Morgan fingerprint density at radius 2 is 2.00 bits per heavy atom. The topological polar surface area (TPSA) is 71.2 Å². The molecule has 1 rings (SSSR count). The summed E-state index contributed by atoms with van der Waals surface area (Å²) < 4.78 is 1.86. The number of hydrogen-bond donors (Lipinski definition) is 2. The van der Waals surface area contributed by atoms with Crippen LogP contribution in [-0.4, -0.2) is 38.2 Å². The van der Waals surface area contributed by atoms with Crippen LogP contribution in [0.3, 0.4) is 0 Å². The summed E-state index contributed by atoms with van der Waals surface area (Å²) in [6.07, 6.45) is 3.88. The molecule has 1 heterocycles. The van der Waals surface area contributed by atoms with Crippen LogP contribution < -0.4 is 0 Å². The third kappa shape index (κ3) is 3.78. The summed E-state index contributed by atoms with van der Waals surface area (Å²) in [5, 5.41) is 23.4. The molecule has 104 valence electrons. The molecule has 0 radical (unpaired) electrons. The quantitative estimate of drug-likeness (QED) is 0.733. The standard InChI is InChI=1S/C13H25N3O2/c1-4-5-16-12(14-10-15-16)7-13(8-17,9-18)6-11(2)3/h10-11,17-18H,4-9H2,1-3H3. The Labute approximate surface area is 109 Å². The minimum Gasteiger partial charge on any atom is -0.396 e. The Hall–Kier alpha value is -0.940. The van der Waals surface area contributed by atoms with Crippen LogP contribution in [0, 0.1) is 11.3 Å². The maximum absolute atomic E-state index is 9.63. The van der Waals surface area contributed by atoms with E-state index in [0.717, 1.165) is 25.2 Å². The zero-order valence-corrected chi connectivity index (χ0v) is 11.6.